The van der Waals surface area contributed by atoms with Crippen molar-refractivity contribution in [2.75, 3.05) is 13.2 Å². The molecule has 5 N–H and O–H groups in total. The topological polar surface area (TPSA) is 97.2 Å². The van der Waals surface area contributed by atoms with Crippen molar-refractivity contribution in [1.82, 2.24) is 16.0 Å². The fourth-order valence-electron chi connectivity index (χ4n) is 2.15. The molecule has 1 amide bonds. The summed E-state index contributed by atoms with van der Waals surface area (Å²) in [4.78, 5) is 12.7. The predicted molar refractivity (Wildman–Crippen MR) is 111 cm³/mol. The van der Waals surface area contributed by atoms with Crippen LogP contribution in [0, 0.1) is 5.41 Å². The van der Waals surface area contributed by atoms with Gasteiger partial charge in [-0.15, -0.1) is 0 Å². The molecule has 6 nitrogen and oxygen atoms in total. The van der Waals surface area contributed by atoms with Gasteiger partial charge >= 0.3 is 0 Å². The zero-order chi connectivity index (χ0) is 20.4. The van der Waals surface area contributed by atoms with Gasteiger partial charge in [0.05, 0.1) is 16.7 Å². The number of halogens is 2. The first-order valence-corrected chi connectivity index (χ1v) is 9.34. The minimum absolute atomic E-state index is 0.117. The molecule has 27 heavy (non-hydrogen) atoms. The van der Waals surface area contributed by atoms with E-state index in [9.17, 15) is 4.79 Å². The van der Waals surface area contributed by atoms with E-state index in [-0.39, 0.29) is 24.8 Å². The molecule has 0 aliphatic carbocycles. The molecule has 0 atom stereocenters. The van der Waals surface area contributed by atoms with E-state index >= 15 is 0 Å². The largest absolute Gasteiger partial charge is 0.395 e. The number of aliphatic hydroxyl groups excluding tert-OH is 1. The first kappa shape index (κ1) is 23.0. The summed E-state index contributed by atoms with van der Waals surface area (Å²) in [6.45, 7) is 6.13. The van der Waals surface area contributed by atoms with Gasteiger partial charge in [-0.3, -0.25) is 4.79 Å². The third-order valence-electron chi connectivity index (χ3n) is 3.90. The van der Waals surface area contributed by atoms with Crippen molar-refractivity contribution in [3.8, 4) is 0 Å². The highest BCUT2D eigenvalue weighted by molar-refractivity contribution is 6.42. The highest BCUT2D eigenvalue weighted by Gasteiger charge is 2.14. The van der Waals surface area contributed by atoms with Crippen molar-refractivity contribution < 1.29 is 9.90 Å². The first-order chi connectivity index (χ1) is 12.8. The minimum Gasteiger partial charge on any atom is -0.395 e. The summed E-state index contributed by atoms with van der Waals surface area (Å²) >= 11 is 12.0. The molecule has 0 aliphatic rings. The molecule has 0 radical (unpaired) electrons. The summed E-state index contributed by atoms with van der Waals surface area (Å²) in [6, 6.07) is 5.35. The lowest BCUT2D eigenvalue weighted by atomic mass is 10.2. The van der Waals surface area contributed by atoms with Crippen molar-refractivity contribution >= 4 is 35.3 Å². The second-order valence-electron chi connectivity index (χ2n) is 5.92. The van der Waals surface area contributed by atoms with E-state index in [4.69, 9.17) is 33.7 Å². The molecule has 0 saturated carbocycles. The lowest BCUT2D eigenvalue weighted by molar-refractivity contribution is -0.117. The molecule has 1 aromatic carbocycles. The average Bonchev–Trinajstić information content (AvgIpc) is 2.66. The molecule has 1 aromatic rings. The van der Waals surface area contributed by atoms with E-state index in [0.29, 0.717) is 28.0 Å². The van der Waals surface area contributed by atoms with Crippen LogP contribution >= 0.6 is 23.2 Å². The number of amides is 1. The Morgan fingerprint density at radius 1 is 1.22 bits per heavy atom. The summed E-state index contributed by atoms with van der Waals surface area (Å²) in [5.74, 6) is 0.212. The molecular formula is C19H26Cl2N4O2. The van der Waals surface area contributed by atoms with Crippen LogP contribution in [0.2, 0.25) is 10.0 Å². The standard InChI is InChI=1S/C19H26Cl2N4O2/c1-4-12(2)18(24-11-14-5-6-15(20)16(21)9-14)25-19(27)17(13(3)10-22)23-7-8-26/h5-6,9-10,22-24,26H,4,7-8,11H2,1-3H3,(H,25,27)/b17-13-,18-12-,22-10?. The molecule has 1 rings (SSSR count). The minimum atomic E-state index is -0.381. The highest BCUT2D eigenvalue weighted by Crippen LogP contribution is 2.22. The zero-order valence-corrected chi connectivity index (χ0v) is 17.3. The van der Waals surface area contributed by atoms with Gasteiger partial charge in [0.15, 0.2) is 0 Å². The molecular weight excluding hydrogens is 387 g/mol. The third kappa shape index (κ3) is 7.25. The molecule has 0 spiro atoms. The van der Waals surface area contributed by atoms with Gasteiger partial charge in [0.2, 0.25) is 0 Å². The Kier molecular flexibility index (Phi) is 9.93. The molecule has 0 saturated heterocycles. The number of carbonyl (C=O) groups is 1. The van der Waals surface area contributed by atoms with Crippen LogP contribution in [0.3, 0.4) is 0 Å². The van der Waals surface area contributed by atoms with Crippen LogP contribution in [0.1, 0.15) is 32.8 Å². The molecule has 0 aromatic heterocycles. The van der Waals surface area contributed by atoms with Gasteiger partial charge in [0.25, 0.3) is 5.91 Å². The monoisotopic (exact) mass is 412 g/mol. The Bertz CT molecular complexity index is 745. The van der Waals surface area contributed by atoms with E-state index < -0.39 is 0 Å². The second kappa shape index (κ2) is 11.6. The first-order valence-electron chi connectivity index (χ1n) is 8.59. The van der Waals surface area contributed by atoms with Crippen molar-refractivity contribution in [3.63, 3.8) is 0 Å². The van der Waals surface area contributed by atoms with Gasteiger partial charge in [-0.1, -0.05) is 36.2 Å². The Hall–Kier alpha value is -2.02. The Morgan fingerprint density at radius 3 is 2.48 bits per heavy atom. The third-order valence-corrected chi connectivity index (χ3v) is 4.64. The van der Waals surface area contributed by atoms with E-state index in [2.05, 4.69) is 16.0 Å². The molecule has 0 fully saturated rings. The summed E-state index contributed by atoms with van der Waals surface area (Å²) in [5, 5.41) is 26.3. The van der Waals surface area contributed by atoms with Crippen LogP contribution in [0.25, 0.3) is 0 Å². The van der Waals surface area contributed by atoms with Crippen molar-refractivity contribution in [1.29, 1.82) is 5.41 Å². The lowest BCUT2D eigenvalue weighted by Crippen LogP contribution is -2.38. The SMILES string of the molecule is CC/C(C)=C(/NCc1ccc(Cl)c(Cl)c1)NC(=O)/C(NCCO)=C(\C)C=N. The summed E-state index contributed by atoms with van der Waals surface area (Å²) < 4.78 is 0. The molecule has 148 valence electrons. The number of aliphatic hydroxyl groups is 1. The van der Waals surface area contributed by atoms with Gasteiger partial charge < -0.3 is 26.5 Å². The normalized spacial score (nSPS) is 12.7. The van der Waals surface area contributed by atoms with Gasteiger partial charge in [0, 0.05) is 19.3 Å². The van der Waals surface area contributed by atoms with Gasteiger partial charge in [0.1, 0.15) is 11.5 Å². The van der Waals surface area contributed by atoms with Crippen molar-refractivity contribution in [3.05, 3.63) is 56.5 Å². The number of hydrogen-bond donors (Lipinski definition) is 5. The van der Waals surface area contributed by atoms with Gasteiger partial charge in [-0.25, -0.2) is 0 Å². The van der Waals surface area contributed by atoms with E-state index in [1.54, 1.807) is 19.1 Å². The zero-order valence-electron chi connectivity index (χ0n) is 15.7. The lowest BCUT2D eigenvalue weighted by Gasteiger charge is -2.18. The molecule has 0 unspecified atom stereocenters. The van der Waals surface area contributed by atoms with Crippen LogP contribution in [-0.2, 0) is 11.3 Å². The fourth-order valence-corrected chi connectivity index (χ4v) is 2.47. The average molecular weight is 413 g/mol. The Labute approximate surface area is 170 Å². The van der Waals surface area contributed by atoms with Crippen LogP contribution in [0.4, 0.5) is 0 Å². The Balaban J connectivity index is 2.95. The maximum Gasteiger partial charge on any atom is 0.273 e. The Morgan fingerprint density at radius 2 is 1.93 bits per heavy atom. The van der Waals surface area contributed by atoms with Crippen LogP contribution < -0.4 is 16.0 Å². The maximum atomic E-state index is 12.7. The van der Waals surface area contributed by atoms with Crippen molar-refractivity contribution in [2.45, 2.75) is 33.7 Å². The summed E-state index contributed by atoms with van der Waals surface area (Å²) in [6.07, 6.45) is 1.84. The summed E-state index contributed by atoms with van der Waals surface area (Å²) in [7, 11) is 0. The van der Waals surface area contributed by atoms with Crippen LogP contribution in [0.15, 0.2) is 40.9 Å². The highest BCUT2D eigenvalue weighted by atomic mass is 35.5. The summed E-state index contributed by atoms with van der Waals surface area (Å²) in [5.41, 5.74) is 2.61. The predicted octanol–water partition coefficient (Wildman–Crippen LogP) is 3.35. The molecule has 0 aliphatic heterocycles. The van der Waals surface area contributed by atoms with E-state index in [1.807, 2.05) is 19.9 Å². The number of allylic oxidation sites excluding steroid dienone is 2. The maximum absolute atomic E-state index is 12.7. The number of hydrogen-bond acceptors (Lipinski definition) is 5. The fraction of sp³-hybridized carbons (Fsp3) is 0.368. The number of benzene rings is 1. The van der Waals surface area contributed by atoms with Crippen molar-refractivity contribution in [2.24, 2.45) is 0 Å². The van der Waals surface area contributed by atoms with E-state index in [0.717, 1.165) is 23.8 Å². The number of carbonyl (C=O) groups excluding carboxylic acids is 1. The smallest absolute Gasteiger partial charge is 0.273 e. The quantitative estimate of drug-likeness (QED) is 0.300. The van der Waals surface area contributed by atoms with Gasteiger partial charge in [-0.05, 0) is 49.1 Å². The number of nitrogens with one attached hydrogen (secondary N) is 4. The van der Waals surface area contributed by atoms with Crippen LogP contribution in [-0.4, -0.2) is 30.4 Å². The molecule has 0 heterocycles. The van der Waals surface area contributed by atoms with E-state index in [1.165, 1.54) is 0 Å². The van der Waals surface area contributed by atoms with Crippen LogP contribution in [0.5, 0.6) is 0 Å². The number of rotatable bonds is 10. The molecule has 0 bridgehead atoms. The van der Waals surface area contributed by atoms with Gasteiger partial charge in [-0.2, -0.15) is 0 Å². The molecule has 8 heteroatoms. The second-order valence-corrected chi connectivity index (χ2v) is 6.73.